The molecule has 0 saturated carbocycles. The van der Waals surface area contributed by atoms with Crippen molar-refractivity contribution >= 4 is 6.29 Å². The molecule has 21 heavy (non-hydrogen) atoms. The first-order valence-corrected chi connectivity index (χ1v) is 9.03. The van der Waals surface area contributed by atoms with Crippen molar-refractivity contribution in [3.63, 3.8) is 0 Å². The minimum absolute atomic E-state index is 0.711. The lowest BCUT2D eigenvalue weighted by Gasteiger charge is -2.06. The van der Waals surface area contributed by atoms with E-state index in [1.807, 2.05) is 0 Å². The summed E-state index contributed by atoms with van der Waals surface area (Å²) in [5.74, 6) is 0. The molecule has 0 aromatic heterocycles. The zero-order valence-electron chi connectivity index (χ0n) is 14.2. The van der Waals surface area contributed by atoms with Gasteiger partial charge in [0.15, 0.2) is 0 Å². The molecule has 0 aliphatic heterocycles. The SMILES string of the molecule is CCCCCCCCCCOCCOCCCCCC=[OH+]. The minimum atomic E-state index is 0.711. The fourth-order valence-electron chi connectivity index (χ4n) is 2.28. The van der Waals surface area contributed by atoms with Gasteiger partial charge in [0.25, 0.3) is 6.29 Å². The lowest BCUT2D eigenvalue weighted by Crippen LogP contribution is -2.06. The molecule has 0 spiro atoms. The zero-order chi connectivity index (χ0) is 15.4. The molecule has 3 heteroatoms. The van der Waals surface area contributed by atoms with Gasteiger partial charge >= 0.3 is 0 Å². The van der Waals surface area contributed by atoms with E-state index in [2.05, 4.69) is 6.92 Å². The second-order valence-electron chi connectivity index (χ2n) is 5.73. The number of unbranched alkanes of at least 4 members (excludes halogenated alkanes) is 10. The maximum Gasteiger partial charge on any atom is 0.281 e. The van der Waals surface area contributed by atoms with Crippen LogP contribution in [-0.4, -0.2) is 37.5 Å². The van der Waals surface area contributed by atoms with Crippen LogP contribution in [0.2, 0.25) is 0 Å². The molecule has 0 saturated heterocycles. The van der Waals surface area contributed by atoms with E-state index >= 15 is 0 Å². The zero-order valence-corrected chi connectivity index (χ0v) is 14.2. The van der Waals surface area contributed by atoms with Crippen molar-refractivity contribution in [2.24, 2.45) is 0 Å². The van der Waals surface area contributed by atoms with Crippen LogP contribution in [0.3, 0.4) is 0 Å². The van der Waals surface area contributed by atoms with Crippen LogP contribution in [0.5, 0.6) is 0 Å². The smallest absolute Gasteiger partial charge is 0.281 e. The van der Waals surface area contributed by atoms with Gasteiger partial charge < -0.3 is 9.47 Å². The van der Waals surface area contributed by atoms with E-state index in [-0.39, 0.29) is 0 Å². The maximum atomic E-state index is 8.52. The highest BCUT2D eigenvalue weighted by atomic mass is 16.5. The average molecular weight is 301 g/mol. The highest BCUT2D eigenvalue weighted by Crippen LogP contribution is 2.08. The molecule has 1 N–H and O–H groups in total. The second kappa shape index (κ2) is 19.6. The van der Waals surface area contributed by atoms with Crippen LogP contribution in [0.25, 0.3) is 0 Å². The molecule has 0 aliphatic rings. The standard InChI is InChI=1S/C18H36O3/c1-2-3-4-5-6-7-9-12-15-20-17-18-21-16-13-10-8-11-14-19/h14H,2-13,15-18H2,1H3/p+1. The van der Waals surface area contributed by atoms with E-state index in [9.17, 15) is 0 Å². The maximum absolute atomic E-state index is 8.52. The molecule has 0 aromatic carbocycles. The van der Waals surface area contributed by atoms with Gasteiger partial charge in [-0.05, 0) is 19.3 Å². The van der Waals surface area contributed by atoms with Crippen LogP contribution >= 0.6 is 0 Å². The van der Waals surface area contributed by atoms with Gasteiger partial charge in [-0.1, -0.05) is 58.3 Å². The highest BCUT2D eigenvalue weighted by Gasteiger charge is 1.94. The molecule has 0 aromatic rings. The normalized spacial score (nSPS) is 10.9. The fraction of sp³-hybridized carbons (Fsp3) is 0.944. The van der Waals surface area contributed by atoms with Gasteiger partial charge in [-0.2, -0.15) is 0 Å². The number of ether oxygens (including phenoxy) is 2. The summed E-state index contributed by atoms with van der Waals surface area (Å²) in [6.45, 7) is 5.39. The van der Waals surface area contributed by atoms with E-state index in [1.54, 1.807) is 0 Å². The summed E-state index contributed by atoms with van der Waals surface area (Å²) in [6.07, 6.45) is 16.0. The van der Waals surface area contributed by atoms with E-state index in [4.69, 9.17) is 14.3 Å². The molecule has 0 amide bonds. The molecule has 0 atom stereocenters. The van der Waals surface area contributed by atoms with Crippen molar-refractivity contribution < 1.29 is 14.3 Å². The monoisotopic (exact) mass is 301 g/mol. The van der Waals surface area contributed by atoms with Gasteiger partial charge in [0.05, 0.1) is 19.6 Å². The first kappa shape index (κ1) is 20.6. The van der Waals surface area contributed by atoms with Gasteiger partial charge in [-0.25, -0.2) is 0 Å². The van der Waals surface area contributed by atoms with Crippen LogP contribution in [0.15, 0.2) is 0 Å². The molecule has 3 nitrogen and oxygen atoms in total. The third-order valence-corrected chi connectivity index (χ3v) is 3.64. The predicted octanol–water partition coefficient (Wildman–Crippen LogP) is 4.90. The van der Waals surface area contributed by atoms with Crippen molar-refractivity contribution in [2.45, 2.75) is 84.0 Å². The predicted molar refractivity (Wildman–Crippen MR) is 90.7 cm³/mol. The van der Waals surface area contributed by atoms with Crippen molar-refractivity contribution in [3.05, 3.63) is 0 Å². The Labute approximate surface area is 131 Å². The molecule has 0 heterocycles. The van der Waals surface area contributed by atoms with Crippen molar-refractivity contribution in [2.75, 3.05) is 26.4 Å². The molecule has 0 fully saturated rings. The lowest BCUT2D eigenvalue weighted by molar-refractivity contribution is 0.0449. The summed E-state index contributed by atoms with van der Waals surface area (Å²) >= 11 is 0. The van der Waals surface area contributed by atoms with E-state index in [1.165, 1.54) is 57.7 Å². The minimum Gasteiger partial charge on any atom is -0.379 e. The summed E-state index contributed by atoms with van der Waals surface area (Å²) in [7, 11) is 0. The molecular weight excluding hydrogens is 264 g/mol. The number of rotatable bonds is 18. The number of aldehydes is 1. The number of carbonyl (C=O) groups excluding carboxylic acids is 1. The third-order valence-electron chi connectivity index (χ3n) is 3.64. The molecule has 0 unspecified atom stereocenters. The summed E-state index contributed by atoms with van der Waals surface area (Å²) in [6, 6.07) is 0. The Balaban J connectivity index is 2.91. The van der Waals surface area contributed by atoms with Crippen LogP contribution in [0.4, 0.5) is 0 Å². The highest BCUT2D eigenvalue weighted by molar-refractivity contribution is 5.50. The Bertz CT molecular complexity index is 195. The molecule has 126 valence electrons. The van der Waals surface area contributed by atoms with Crippen LogP contribution in [0.1, 0.15) is 84.0 Å². The Morgan fingerprint density at radius 2 is 1.10 bits per heavy atom. The van der Waals surface area contributed by atoms with E-state index < -0.39 is 0 Å². The molecule has 0 bridgehead atoms. The quantitative estimate of drug-likeness (QED) is 0.205. The van der Waals surface area contributed by atoms with Gasteiger partial charge in [0.2, 0.25) is 0 Å². The van der Waals surface area contributed by atoms with Crippen LogP contribution in [0, 0.1) is 0 Å². The van der Waals surface area contributed by atoms with Gasteiger partial charge in [0.1, 0.15) is 0 Å². The van der Waals surface area contributed by atoms with Crippen molar-refractivity contribution in [1.82, 2.24) is 0 Å². The fourth-order valence-corrected chi connectivity index (χ4v) is 2.28. The Kier molecular flexibility index (Phi) is 19.2. The van der Waals surface area contributed by atoms with Gasteiger partial charge in [-0.15, -0.1) is 0 Å². The largest absolute Gasteiger partial charge is 0.379 e. The van der Waals surface area contributed by atoms with Crippen LogP contribution in [-0.2, 0) is 9.47 Å². The topological polar surface area (TPSA) is 39.9 Å². The average Bonchev–Trinajstić information content (AvgIpc) is 2.50. The third kappa shape index (κ3) is 19.6. The van der Waals surface area contributed by atoms with Crippen LogP contribution < -0.4 is 0 Å². The molecule has 0 rings (SSSR count). The summed E-state index contributed by atoms with van der Waals surface area (Å²) in [5.41, 5.74) is 0. The van der Waals surface area contributed by atoms with Crippen molar-refractivity contribution in [3.8, 4) is 0 Å². The summed E-state index contributed by atoms with van der Waals surface area (Å²) in [5, 5.41) is 0. The Hall–Kier alpha value is -0.410. The first-order valence-electron chi connectivity index (χ1n) is 9.03. The number of hydrogen-bond acceptors (Lipinski definition) is 2. The second-order valence-corrected chi connectivity index (χ2v) is 5.73. The summed E-state index contributed by atoms with van der Waals surface area (Å²) in [4.78, 5) is 8.52. The Morgan fingerprint density at radius 1 is 0.619 bits per heavy atom. The van der Waals surface area contributed by atoms with Crippen molar-refractivity contribution in [1.29, 1.82) is 0 Å². The number of hydrogen-bond donors (Lipinski definition) is 0. The molecule has 0 radical (unpaired) electrons. The summed E-state index contributed by atoms with van der Waals surface area (Å²) < 4.78 is 11.1. The Morgan fingerprint density at radius 3 is 1.62 bits per heavy atom. The van der Waals surface area contributed by atoms with Gasteiger partial charge in [0, 0.05) is 13.2 Å². The first-order chi connectivity index (χ1) is 10.4. The van der Waals surface area contributed by atoms with E-state index in [0.29, 0.717) is 6.61 Å². The van der Waals surface area contributed by atoms with E-state index in [0.717, 1.165) is 45.5 Å². The molecule has 0 aliphatic carbocycles. The molecular formula is C18H37O3+. The lowest BCUT2D eigenvalue weighted by atomic mass is 10.1. The van der Waals surface area contributed by atoms with Gasteiger partial charge in [-0.3, -0.25) is 4.79 Å².